The van der Waals surface area contributed by atoms with Crippen LogP contribution in [0.15, 0.2) is 29.5 Å². The third kappa shape index (κ3) is 3.15. The molecule has 1 heterocycles. The number of nitriles is 1. The SMILES string of the molecule is CC(C)(C)C1=C(C#N)[C@H](c2ccc(Cl)cc2Cl)NC(=O)N1. The van der Waals surface area contributed by atoms with Crippen LogP contribution in [0.4, 0.5) is 4.79 Å². The first-order valence-electron chi connectivity index (χ1n) is 6.41. The van der Waals surface area contributed by atoms with Crippen LogP contribution < -0.4 is 10.6 Å². The maximum atomic E-state index is 11.9. The van der Waals surface area contributed by atoms with Crippen LogP contribution in [0.5, 0.6) is 0 Å². The summed E-state index contributed by atoms with van der Waals surface area (Å²) in [5.74, 6) is 0. The minimum Gasteiger partial charge on any atom is -0.326 e. The minimum absolute atomic E-state index is 0.352. The molecule has 0 bridgehead atoms. The number of nitrogens with one attached hydrogen (secondary N) is 2. The van der Waals surface area contributed by atoms with Gasteiger partial charge in [0.15, 0.2) is 0 Å². The Morgan fingerprint density at radius 3 is 2.48 bits per heavy atom. The summed E-state index contributed by atoms with van der Waals surface area (Å²) in [5.41, 5.74) is 1.34. The number of urea groups is 1. The van der Waals surface area contributed by atoms with Gasteiger partial charge in [-0.3, -0.25) is 0 Å². The van der Waals surface area contributed by atoms with Crippen LogP contribution in [-0.4, -0.2) is 6.03 Å². The van der Waals surface area contributed by atoms with Crippen LogP contribution in [0.25, 0.3) is 0 Å². The van der Waals surface area contributed by atoms with Gasteiger partial charge < -0.3 is 10.6 Å². The van der Waals surface area contributed by atoms with Gasteiger partial charge in [-0.2, -0.15) is 5.26 Å². The molecule has 0 unspecified atom stereocenters. The number of allylic oxidation sites excluding steroid dienone is 1. The van der Waals surface area contributed by atoms with Crippen molar-refractivity contribution in [3.63, 3.8) is 0 Å². The Morgan fingerprint density at radius 1 is 1.29 bits per heavy atom. The van der Waals surface area contributed by atoms with E-state index < -0.39 is 6.04 Å². The number of rotatable bonds is 1. The highest BCUT2D eigenvalue weighted by molar-refractivity contribution is 6.35. The molecule has 2 amide bonds. The lowest BCUT2D eigenvalue weighted by Crippen LogP contribution is -2.46. The lowest BCUT2D eigenvalue weighted by molar-refractivity contribution is 0.235. The number of amides is 2. The fourth-order valence-electron chi connectivity index (χ4n) is 2.25. The summed E-state index contributed by atoms with van der Waals surface area (Å²) in [5, 5.41) is 15.9. The van der Waals surface area contributed by atoms with Crippen molar-refractivity contribution in [2.75, 3.05) is 0 Å². The molecule has 0 radical (unpaired) electrons. The van der Waals surface area contributed by atoms with Crippen molar-refractivity contribution in [2.24, 2.45) is 5.41 Å². The molecular formula is C15H15Cl2N3O. The van der Waals surface area contributed by atoms with E-state index in [4.69, 9.17) is 23.2 Å². The quantitative estimate of drug-likeness (QED) is 0.814. The standard InChI is InChI=1S/C15H15Cl2N3O/c1-15(2,3)13-10(7-18)12(19-14(21)20-13)9-5-4-8(16)6-11(9)17/h4-6,12H,1-3H3,(H2,19,20,21)/t12-/m0/s1. The van der Waals surface area contributed by atoms with Crippen molar-refractivity contribution in [1.82, 2.24) is 10.6 Å². The van der Waals surface area contributed by atoms with E-state index >= 15 is 0 Å². The number of carbonyl (C=O) groups excluding carboxylic acids is 1. The normalized spacial score (nSPS) is 18.9. The first kappa shape index (κ1) is 15.7. The summed E-state index contributed by atoms with van der Waals surface area (Å²) in [6.07, 6.45) is 0. The largest absolute Gasteiger partial charge is 0.326 e. The highest BCUT2D eigenvalue weighted by atomic mass is 35.5. The van der Waals surface area contributed by atoms with Crippen molar-refractivity contribution in [3.05, 3.63) is 45.1 Å². The zero-order chi connectivity index (χ0) is 15.8. The number of hydrogen-bond acceptors (Lipinski definition) is 2. The van der Waals surface area contributed by atoms with Gasteiger partial charge >= 0.3 is 6.03 Å². The predicted octanol–water partition coefficient (Wildman–Crippen LogP) is 4.17. The number of carbonyl (C=O) groups is 1. The van der Waals surface area contributed by atoms with Gasteiger partial charge in [-0.15, -0.1) is 0 Å². The molecule has 21 heavy (non-hydrogen) atoms. The Kier molecular flexibility index (Phi) is 4.18. The van der Waals surface area contributed by atoms with Crippen molar-refractivity contribution in [1.29, 1.82) is 5.26 Å². The van der Waals surface area contributed by atoms with Gasteiger partial charge in [-0.25, -0.2) is 4.79 Å². The molecular weight excluding hydrogens is 309 g/mol. The topological polar surface area (TPSA) is 64.9 Å². The minimum atomic E-state index is -0.581. The molecule has 2 rings (SSSR count). The number of hydrogen-bond donors (Lipinski definition) is 2. The van der Waals surface area contributed by atoms with Crippen molar-refractivity contribution in [2.45, 2.75) is 26.8 Å². The van der Waals surface area contributed by atoms with Gasteiger partial charge in [0, 0.05) is 21.2 Å². The fraction of sp³-hybridized carbons (Fsp3) is 0.333. The monoisotopic (exact) mass is 323 g/mol. The maximum absolute atomic E-state index is 11.9. The average molecular weight is 324 g/mol. The van der Waals surface area contributed by atoms with Crippen LogP contribution in [-0.2, 0) is 0 Å². The molecule has 6 heteroatoms. The molecule has 1 aliphatic heterocycles. The summed E-state index contributed by atoms with van der Waals surface area (Å²) in [7, 11) is 0. The zero-order valence-corrected chi connectivity index (χ0v) is 13.4. The third-order valence-electron chi connectivity index (χ3n) is 3.22. The van der Waals surface area contributed by atoms with Gasteiger partial charge in [-0.1, -0.05) is 50.0 Å². The summed E-state index contributed by atoms with van der Waals surface area (Å²) in [4.78, 5) is 11.9. The molecule has 1 aromatic rings. The molecule has 1 atom stereocenters. The van der Waals surface area contributed by atoms with Gasteiger partial charge in [-0.05, 0) is 17.7 Å². The molecule has 1 aromatic carbocycles. The van der Waals surface area contributed by atoms with E-state index in [9.17, 15) is 10.1 Å². The first-order chi connectivity index (χ1) is 9.74. The highest BCUT2D eigenvalue weighted by Crippen LogP contribution is 2.37. The summed E-state index contributed by atoms with van der Waals surface area (Å²) < 4.78 is 0. The average Bonchev–Trinajstić information content (AvgIpc) is 2.36. The molecule has 4 nitrogen and oxygen atoms in total. The Balaban J connectivity index is 2.61. The van der Waals surface area contributed by atoms with Crippen molar-refractivity contribution < 1.29 is 4.79 Å². The molecule has 0 saturated heterocycles. The van der Waals surface area contributed by atoms with Crippen LogP contribution in [0.3, 0.4) is 0 Å². The van der Waals surface area contributed by atoms with Gasteiger partial charge in [0.25, 0.3) is 0 Å². The molecule has 2 N–H and O–H groups in total. The molecule has 0 fully saturated rings. The van der Waals surface area contributed by atoms with Crippen LogP contribution in [0.1, 0.15) is 32.4 Å². The Bertz CT molecular complexity index is 668. The molecule has 0 saturated carbocycles. The fourth-order valence-corrected chi connectivity index (χ4v) is 2.76. The Hall–Kier alpha value is -1.70. The second-order valence-electron chi connectivity index (χ2n) is 5.85. The van der Waals surface area contributed by atoms with E-state index in [0.29, 0.717) is 26.9 Å². The number of benzene rings is 1. The van der Waals surface area contributed by atoms with E-state index in [1.807, 2.05) is 20.8 Å². The van der Waals surface area contributed by atoms with E-state index in [0.717, 1.165) is 0 Å². The van der Waals surface area contributed by atoms with Crippen LogP contribution in [0, 0.1) is 16.7 Å². The smallest absolute Gasteiger partial charge is 0.319 e. The highest BCUT2D eigenvalue weighted by Gasteiger charge is 2.34. The molecule has 1 aliphatic rings. The zero-order valence-electron chi connectivity index (χ0n) is 11.9. The second-order valence-corrected chi connectivity index (χ2v) is 6.69. The van der Waals surface area contributed by atoms with Gasteiger partial charge in [0.2, 0.25) is 0 Å². The first-order valence-corrected chi connectivity index (χ1v) is 7.17. The van der Waals surface area contributed by atoms with E-state index in [-0.39, 0.29) is 11.4 Å². The van der Waals surface area contributed by atoms with E-state index in [1.54, 1.807) is 18.2 Å². The van der Waals surface area contributed by atoms with Gasteiger partial charge in [0.05, 0.1) is 17.7 Å². The molecule has 0 spiro atoms. The van der Waals surface area contributed by atoms with Gasteiger partial charge in [0.1, 0.15) is 0 Å². The summed E-state index contributed by atoms with van der Waals surface area (Å²) in [6.45, 7) is 5.81. The maximum Gasteiger partial charge on any atom is 0.319 e. The molecule has 0 aromatic heterocycles. The lowest BCUT2D eigenvalue weighted by Gasteiger charge is -2.33. The van der Waals surface area contributed by atoms with Crippen LogP contribution in [0.2, 0.25) is 10.0 Å². The van der Waals surface area contributed by atoms with Crippen molar-refractivity contribution >= 4 is 29.2 Å². The van der Waals surface area contributed by atoms with E-state index in [2.05, 4.69) is 16.7 Å². The predicted molar refractivity (Wildman–Crippen MR) is 83.0 cm³/mol. The second kappa shape index (κ2) is 5.59. The Morgan fingerprint density at radius 2 is 1.95 bits per heavy atom. The van der Waals surface area contributed by atoms with Crippen LogP contribution >= 0.6 is 23.2 Å². The summed E-state index contributed by atoms with van der Waals surface area (Å²) in [6, 6.07) is 6.25. The van der Waals surface area contributed by atoms with E-state index in [1.165, 1.54) is 0 Å². The summed E-state index contributed by atoms with van der Waals surface area (Å²) >= 11 is 12.1. The Labute approximate surface area is 133 Å². The van der Waals surface area contributed by atoms with Crippen molar-refractivity contribution in [3.8, 4) is 6.07 Å². The molecule has 0 aliphatic carbocycles. The molecule has 110 valence electrons. The lowest BCUT2D eigenvalue weighted by atomic mass is 9.84. The number of halogens is 2. The number of nitrogens with zero attached hydrogens (tertiary/aromatic N) is 1. The third-order valence-corrected chi connectivity index (χ3v) is 3.78.